The summed E-state index contributed by atoms with van der Waals surface area (Å²) in [5.41, 5.74) is 0.726. The lowest BCUT2D eigenvalue weighted by Gasteiger charge is -2.20. The number of carbonyl (C=O) groups is 1. The van der Waals surface area contributed by atoms with E-state index in [4.69, 9.17) is 4.74 Å². The van der Waals surface area contributed by atoms with Gasteiger partial charge in [-0.3, -0.25) is 4.79 Å². The van der Waals surface area contributed by atoms with Gasteiger partial charge in [-0.1, -0.05) is 13.0 Å². The maximum absolute atomic E-state index is 12.4. The van der Waals surface area contributed by atoms with Crippen LogP contribution in [0.3, 0.4) is 0 Å². The van der Waals surface area contributed by atoms with Crippen molar-refractivity contribution in [2.24, 2.45) is 5.92 Å². The largest absolute Gasteiger partial charge is 0.497 e. The lowest BCUT2D eigenvalue weighted by Crippen LogP contribution is -2.31. The minimum Gasteiger partial charge on any atom is -0.497 e. The average molecular weight is 247 g/mol. The molecule has 1 atom stereocenters. The van der Waals surface area contributed by atoms with E-state index in [1.54, 1.807) is 7.11 Å². The van der Waals surface area contributed by atoms with E-state index in [2.05, 4.69) is 6.92 Å². The number of hydrogen-bond acceptors (Lipinski definition) is 2. The Morgan fingerprint density at radius 2 is 2.17 bits per heavy atom. The van der Waals surface area contributed by atoms with Gasteiger partial charge < -0.3 is 9.64 Å². The molecule has 1 aliphatic rings. The summed E-state index contributed by atoms with van der Waals surface area (Å²) in [7, 11) is 1.62. The average Bonchev–Trinajstić information content (AvgIpc) is 2.63. The molecule has 1 fully saturated rings. The van der Waals surface area contributed by atoms with Crippen molar-refractivity contribution in [1.29, 1.82) is 0 Å². The molecule has 0 spiro atoms. The fraction of sp³-hybridized carbons (Fsp3) is 0.533. The second-order valence-electron chi connectivity index (χ2n) is 5.06. The number of ether oxygens (including phenoxy) is 1. The SMILES string of the molecule is COc1cccc(C(=O)N2CCCC(C)CC2)c1. The third-order valence-electron chi connectivity index (χ3n) is 3.62. The first-order valence-electron chi connectivity index (χ1n) is 6.64. The maximum atomic E-state index is 12.4. The quantitative estimate of drug-likeness (QED) is 0.804. The van der Waals surface area contributed by atoms with Crippen LogP contribution in [0.15, 0.2) is 24.3 Å². The van der Waals surface area contributed by atoms with Gasteiger partial charge in [-0.15, -0.1) is 0 Å². The molecular formula is C15H21NO2. The number of methoxy groups -OCH3 is 1. The van der Waals surface area contributed by atoms with Crippen LogP contribution in [0, 0.1) is 5.92 Å². The minimum atomic E-state index is 0.128. The number of nitrogens with zero attached hydrogens (tertiary/aromatic N) is 1. The third kappa shape index (κ3) is 3.03. The van der Waals surface area contributed by atoms with Crippen LogP contribution in [0.5, 0.6) is 5.75 Å². The highest BCUT2D eigenvalue weighted by molar-refractivity contribution is 5.94. The van der Waals surface area contributed by atoms with Gasteiger partial charge in [0.15, 0.2) is 0 Å². The molecule has 0 N–H and O–H groups in total. The molecule has 98 valence electrons. The standard InChI is InChI=1S/C15H21NO2/c1-12-5-4-9-16(10-8-12)15(17)13-6-3-7-14(11-13)18-2/h3,6-7,11-12H,4-5,8-10H2,1-2H3. The summed E-state index contributed by atoms with van der Waals surface area (Å²) >= 11 is 0. The summed E-state index contributed by atoms with van der Waals surface area (Å²) in [4.78, 5) is 14.4. The molecule has 0 aromatic heterocycles. The minimum absolute atomic E-state index is 0.128. The van der Waals surface area contributed by atoms with Gasteiger partial charge in [0.2, 0.25) is 0 Å². The van der Waals surface area contributed by atoms with Crippen molar-refractivity contribution in [3.05, 3.63) is 29.8 Å². The van der Waals surface area contributed by atoms with Gasteiger partial charge in [0.05, 0.1) is 7.11 Å². The predicted molar refractivity (Wildman–Crippen MR) is 71.9 cm³/mol. The van der Waals surface area contributed by atoms with Crippen molar-refractivity contribution in [1.82, 2.24) is 4.90 Å². The van der Waals surface area contributed by atoms with Crippen molar-refractivity contribution < 1.29 is 9.53 Å². The highest BCUT2D eigenvalue weighted by Crippen LogP contribution is 2.19. The third-order valence-corrected chi connectivity index (χ3v) is 3.62. The highest BCUT2D eigenvalue weighted by atomic mass is 16.5. The molecule has 1 aromatic carbocycles. The van der Waals surface area contributed by atoms with Crippen LogP contribution >= 0.6 is 0 Å². The summed E-state index contributed by atoms with van der Waals surface area (Å²) in [5, 5.41) is 0. The number of likely N-dealkylation sites (tertiary alicyclic amines) is 1. The van der Waals surface area contributed by atoms with Crippen LogP contribution in [0.4, 0.5) is 0 Å². The fourth-order valence-electron chi connectivity index (χ4n) is 2.40. The Morgan fingerprint density at radius 3 is 2.94 bits per heavy atom. The molecular weight excluding hydrogens is 226 g/mol. The molecule has 1 aromatic rings. The fourth-order valence-corrected chi connectivity index (χ4v) is 2.40. The molecule has 1 aliphatic heterocycles. The number of carbonyl (C=O) groups excluding carboxylic acids is 1. The van der Waals surface area contributed by atoms with Gasteiger partial charge in [-0.25, -0.2) is 0 Å². The second kappa shape index (κ2) is 5.89. The van der Waals surface area contributed by atoms with Crippen LogP contribution in [0.25, 0.3) is 0 Å². The Hall–Kier alpha value is -1.51. The second-order valence-corrected chi connectivity index (χ2v) is 5.06. The first kappa shape index (κ1) is 12.9. The van der Waals surface area contributed by atoms with Crippen molar-refractivity contribution in [3.63, 3.8) is 0 Å². The summed E-state index contributed by atoms with van der Waals surface area (Å²) in [6.45, 7) is 4.01. The van der Waals surface area contributed by atoms with Crippen LogP contribution in [-0.4, -0.2) is 31.0 Å². The van der Waals surface area contributed by atoms with Gasteiger partial charge in [0.25, 0.3) is 5.91 Å². The van der Waals surface area contributed by atoms with Crippen LogP contribution < -0.4 is 4.74 Å². The molecule has 3 heteroatoms. The maximum Gasteiger partial charge on any atom is 0.253 e. The van der Waals surface area contributed by atoms with E-state index >= 15 is 0 Å². The number of amides is 1. The zero-order valence-corrected chi connectivity index (χ0v) is 11.2. The Morgan fingerprint density at radius 1 is 1.33 bits per heavy atom. The summed E-state index contributed by atoms with van der Waals surface area (Å²) in [6, 6.07) is 7.41. The van der Waals surface area contributed by atoms with Gasteiger partial charge in [0, 0.05) is 18.7 Å². The first-order valence-corrected chi connectivity index (χ1v) is 6.64. The molecule has 1 unspecified atom stereocenters. The van der Waals surface area contributed by atoms with E-state index in [0.29, 0.717) is 0 Å². The normalized spacial score (nSPS) is 20.3. The Labute approximate surface area is 109 Å². The van der Waals surface area contributed by atoms with Gasteiger partial charge in [-0.05, 0) is 43.4 Å². The summed E-state index contributed by atoms with van der Waals surface area (Å²) in [5.74, 6) is 1.60. The van der Waals surface area contributed by atoms with Crippen molar-refractivity contribution in [3.8, 4) is 5.75 Å². The van der Waals surface area contributed by atoms with Gasteiger partial charge in [-0.2, -0.15) is 0 Å². The number of hydrogen-bond donors (Lipinski definition) is 0. The lowest BCUT2D eigenvalue weighted by atomic mass is 10.0. The smallest absolute Gasteiger partial charge is 0.253 e. The molecule has 0 bridgehead atoms. The van der Waals surface area contributed by atoms with Crippen LogP contribution in [0.2, 0.25) is 0 Å². The lowest BCUT2D eigenvalue weighted by molar-refractivity contribution is 0.0760. The summed E-state index contributed by atoms with van der Waals surface area (Å²) in [6.07, 6.45) is 3.44. The van der Waals surface area contributed by atoms with E-state index in [1.165, 1.54) is 6.42 Å². The highest BCUT2D eigenvalue weighted by Gasteiger charge is 2.19. The van der Waals surface area contributed by atoms with Crippen molar-refractivity contribution in [2.75, 3.05) is 20.2 Å². The monoisotopic (exact) mass is 247 g/mol. The molecule has 2 rings (SSSR count). The van der Waals surface area contributed by atoms with Gasteiger partial charge in [0.1, 0.15) is 5.75 Å². The molecule has 0 radical (unpaired) electrons. The summed E-state index contributed by atoms with van der Waals surface area (Å²) < 4.78 is 5.16. The molecule has 0 aliphatic carbocycles. The Bertz CT molecular complexity index is 417. The number of rotatable bonds is 2. The van der Waals surface area contributed by atoms with E-state index in [9.17, 15) is 4.79 Å². The molecule has 1 heterocycles. The topological polar surface area (TPSA) is 29.5 Å². The van der Waals surface area contributed by atoms with Crippen molar-refractivity contribution >= 4 is 5.91 Å². The Balaban J connectivity index is 2.09. The number of benzene rings is 1. The zero-order chi connectivity index (χ0) is 13.0. The van der Waals surface area contributed by atoms with Crippen LogP contribution in [0.1, 0.15) is 36.5 Å². The molecule has 1 saturated heterocycles. The van der Waals surface area contributed by atoms with E-state index in [1.807, 2.05) is 29.2 Å². The van der Waals surface area contributed by atoms with E-state index < -0.39 is 0 Å². The van der Waals surface area contributed by atoms with Gasteiger partial charge >= 0.3 is 0 Å². The van der Waals surface area contributed by atoms with E-state index in [-0.39, 0.29) is 5.91 Å². The van der Waals surface area contributed by atoms with Crippen molar-refractivity contribution in [2.45, 2.75) is 26.2 Å². The molecule has 1 amide bonds. The zero-order valence-electron chi connectivity index (χ0n) is 11.2. The van der Waals surface area contributed by atoms with Crippen LogP contribution in [-0.2, 0) is 0 Å². The predicted octanol–water partition coefficient (Wildman–Crippen LogP) is 2.96. The molecule has 0 saturated carbocycles. The Kier molecular flexibility index (Phi) is 4.24. The molecule has 18 heavy (non-hydrogen) atoms. The first-order chi connectivity index (χ1) is 8.70. The van der Waals surface area contributed by atoms with E-state index in [0.717, 1.165) is 43.2 Å². The molecule has 3 nitrogen and oxygen atoms in total.